The van der Waals surface area contributed by atoms with Gasteiger partial charge in [0.25, 0.3) is 5.91 Å². The molecule has 152 valence electrons. The number of amides is 1. The predicted octanol–water partition coefficient (Wildman–Crippen LogP) is 5.61. The van der Waals surface area contributed by atoms with Crippen molar-refractivity contribution in [3.05, 3.63) is 62.9 Å². The lowest BCUT2D eigenvalue weighted by molar-refractivity contribution is 0.0603. The summed E-state index contributed by atoms with van der Waals surface area (Å²) in [6.45, 7) is 1.88. The van der Waals surface area contributed by atoms with Gasteiger partial charge in [0.05, 0.1) is 12.8 Å². The topological polar surface area (TPSA) is 94.3 Å². The Hall–Kier alpha value is -2.94. The van der Waals surface area contributed by atoms with Crippen molar-refractivity contribution >= 4 is 67.1 Å². The smallest absolute Gasteiger partial charge is 0.341 e. The number of ether oxygens (including phenoxy) is 1. The van der Waals surface area contributed by atoms with Crippen LogP contribution in [0.1, 0.15) is 25.7 Å². The van der Waals surface area contributed by atoms with Gasteiger partial charge in [-0.25, -0.2) is 9.78 Å². The summed E-state index contributed by atoms with van der Waals surface area (Å²) in [5.74, 6) is -0.944. The maximum atomic E-state index is 13.0. The maximum absolute atomic E-state index is 13.0. The van der Waals surface area contributed by atoms with Crippen LogP contribution in [0.15, 0.2) is 41.8 Å². The second kappa shape index (κ2) is 8.06. The van der Waals surface area contributed by atoms with E-state index in [-0.39, 0.29) is 5.56 Å². The fraction of sp³-hybridized carbons (Fsp3) is 0.0952. The first-order chi connectivity index (χ1) is 14.4. The number of rotatable bonds is 4. The van der Waals surface area contributed by atoms with E-state index in [0.717, 1.165) is 16.6 Å². The number of anilines is 2. The third-order valence-corrected chi connectivity index (χ3v) is 6.76. The molecule has 3 heterocycles. The van der Waals surface area contributed by atoms with Crippen molar-refractivity contribution in [2.24, 2.45) is 0 Å². The summed E-state index contributed by atoms with van der Waals surface area (Å²) in [6, 6.07) is 10.8. The summed E-state index contributed by atoms with van der Waals surface area (Å²) in [7, 11) is 1.30. The van der Waals surface area contributed by atoms with Crippen LogP contribution in [0.4, 0.5) is 10.7 Å². The number of aromatic nitrogens is 1. The van der Waals surface area contributed by atoms with E-state index < -0.39 is 11.9 Å². The molecule has 1 aromatic carbocycles. The number of halogens is 1. The first-order valence-electron chi connectivity index (χ1n) is 8.81. The summed E-state index contributed by atoms with van der Waals surface area (Å²) < 4.78 is 4.95. The van der Waals surface area contributed by atoms with Gasteiger partial charge < -0.3 is 15.8 Å². The Labute approximate surface area is 185 Å². The zero-order valence-electron chi connectivity index (χ0n) is 16.0. The number of carbonyl (C=O) groups is 2. The van der Waals surface area contributed by atoms with Gasteiger partial charge in [0.1, 0.15) is 20.3 Å². The van der Waals surface area contributed by atoms with E-state index in [0.29, 0.717) is 31.0 Å². The number of fused-ring (bicyclic) bond motifs is 1. The number of benzene rings is 1. The molecule has 3 aromatic heterocycles. The number of carbonyl (C=O) groups excluding carboxylic acids is 2. The van der Waals surface area contributed by atoms with E-state index in [1.165, 1.54) is 29.8 Å². The summed E-state index contributed by atoms with van der Waals surface area (Å²) in [6.07, 6.45) is 0. The Morgan fingerprint density at radius 2 is 1.90 bits per heavy atom. The van der Waals surface area contributed by atoms with Gasteiger partial charge in [0.15, 0.2) is 0 Å². The van der Waals surface area contributed by atoms with Gasteiger partial charge >= 0.3 is 5.97 Å². The molecule has 0 saturated carbocycles. The van der Waals surface area contributed by atoms with Crippen molar-refractivity contribution in [2.75, 3.05) is 18.2 Å². The number of hydrogen-bond acceptors (Lipinski definition) is 7. The highest BCUT2D eigenvalue weighted by Crippen LogP contribution is 2.38. The van der Waals surface area contributed by atoms with Crippen molar-refractivity contribution < 1.29 is 14.3 Å². The Morgan fingerprint density at radius 1 is 1.17 bits per heavy atom. The van der Waals surface area contributed by atoms with Crippen LogP contribution in [0, 0.1) is 6.92 Å². The fourth-order valence-electron chi connectivity index (χ4n) is 3.01. The number of methoxy groups -OCH3 is 1. The molecule has 30 heavy (non-hydrogen) atoms. The molecule has 0 aliphatic carbocycles. The molecule has 0 aliphatic heterocycles. The first-order valence-corrected chi connectivity index (χ1v) is 10.9. The Kier molecular flexibility index (Phi) is 5.46. The van der Waals surface area contributed by atoms with E-state index in [9.17, 15) is 9.59 Å². The average molecular weight is 458 g/mol. The fourth-order valence-corrected chi connectivity index (χ4v) is 5.13. The van der Waals surface area contributed by atoms with Gasteiger partial charge in [-0.05, 0) is 36.8 Å². The highest BCUT2D eigenvalue weighted by molar-refractivity contribution is 7.21. The lowest BCUT2D eigenvalue weighted by atomic mass is 10.0. The molecule has 0 unspecified atom stereocenters. The highest BCUT2D eigenvalue weighted by Gasteiger charge is 2.24. The molecule has 4 aromatic rings. The van der Waals surface area contributed by atoms with E-state index >= 15 is 0 Å². The van der Waals surface area contributed by atoms with Crippen molar-refractivity contribution in [3.8, 4) is 11.1 Å². The van der Waals surface area contributed by atoms with Crippen LogP contribution in [0.25, 0.3) is 21.3 Å². The van der Waals surface area contributed by atoms with Crippen molar-refractivity contribution in [1.82, 2.24) is 4.98 Å². The summed E-state index contributed by atoms with van der Waals surface area (Å²) in [5, 5.41) is 6.32. The van der Waals surface area contributed by atoms with Crippen molar-refractivity contribution in [1.29, 1.82) is 0 Å². The van der Waals surface area contributed by atoms with Crippen LogP contribution in [-0.2, 0) is 4.74 Å². The molecule has 3 N–H and O–H groups in total. The number of nitrogen functional groups attached to an aromatic ring is 1. The Bertz CT molecular complexity index is 1280. The van der Waals surface area contributed by atoms with Gasteiger partial charge in [-0.2, -0.15) is 0 Å². The molecule has 0 saturated heterocycles. The number of nitrogens with two attached hydrogens (primary N) is 1. The number of thiophene rings is 2. The SMILES string of the molecule is COC(=O)c1c(-c2ccc(Cl)cc2)csc1NC(=O)c1sc2nc(C)ccc2c1N. The van der Waals surface area contributed by atoms with Crippen LogP contribution in [0.2, 0.25) is 5.02 Å². The molecule has 9 heteroatoms. The molecular formula is C21H16ClN3O3S2. The minimum atomic E-state index is -0.543. The lowest BCUT2D eigenvalue weighted by Gasteiger charge is -2.07. The van der Waals surface area contributed by atoms with Crippen LogP contribution < -0.4 is 11.1 Å². The second-order valence-electron chi connectivity index (χ2n) is 6.46. The number of esters is 1. The molecular weight excluding hydrogens is 442 g/mol. The first kappa shape index (κ1) is 20.3. The van der Waals surface area contributed by atoms with Crippen LogP contribution >= 0.6 is 34.3 Å². The number of nitrogens with zero attached hydrogens (tertiary/aromatic N) is 1. The summed E-state index contributed by atoms with van der Waals surface area (Å²) in [4.78, 5) is 30.9. The molecule has 4 rings (SSSR count). The van der Waals surface area contributed by atoms with Gasteiger partial charge in [-0.15, -0.1) is 22.7 Å². The average Bonchev–Trinajstić information content (AvgIpc) is 3.29. The number of hydrogen-bond donors (Lipinski definition) is 2. The Morgan fingerprint density at radius 3 is 2.60 bits per heavy atom. The monoisotopic (exact) mass is 457 g/mol. The molecule has 6 nitrogen and oxygen atoms in total. The molecule has 0 spiro atoms. The third-order valence-electron chi connectivity index (χ3n) is 4.50. The molecule has 0 radical (unpaired) electrons. The molecule has 0 fully saturated rings. The van der Waals surface area contributed by atoms with Gasteiger partial charge in [-0.1, -0.05) is 23.7 Å². The zero-order valence-corrected chi connectivity index (χ0v) is 18.4. The molecule has 1 amide bonds. The van der Waals surface area contributed by atoms with E-state index in [2.05, 4.69) is 10.3 Å². The maximum Gasteiger partial charge on any atom is 0.341 e. The lowest BCUT2D eigenvalue weighted by Crippen LogP contribution is -2.14. The number of aryl methyl sites for hydroxylation is 1. The minimum absolute atomic E-state index is 0.284. The highest BCUT2D eigenvalue weighted by atomic mass is 35.5. The molecule has 0 atom stereocenters. The third kappa shape index (κ3) is 3.65. The van der Waals surface area contributed by atoms with Crippen LogP contribution in [0.5, 0.6) is 0 Å². The van der Waals surface area contributed by atoms with Crippen molar-refractivity contribution in [3.63, 3.8) is 0 Å². The van der Waals surface area contributed by atoms with E-state index in [1.54, 1.807) is 29.6 Å². The predicted molar refractivity (Wildman–Crippen MR) is 123 cm³/mol. The minimum Gasteiger partial charge on any atom is -0.465 e. The largest absolute Gasteiger partial charge is 0.465 e. The van der Waals surface area contributed by atoms with Crippen LogP contribution in [-0.4, -0.2) is 24.0 Å². The molecule has 0 bridgehead atoms. The second-order valence-corrected chi connectivity index (χ2v) is 8.77. The van der Waals surface area contributed by atoms with E-state index in [1.807, 2.05) is 19.1 Å². The van der Waals surface area contributed by atoms with Crippen LogP contribution in [0.3, 0.4) is 0 Å². The zero-order chi connectivity index (χ0) is 21.4. The Balaban J connectivity index is 1.72. The van der Waals surface area contributed by atoms with Gasteiger partial charge in [-0.3, -0.25) is 4.79 Å². The van der Waals surface area contributed by atoms with Gasteiger partial charge in [0.2, 0.25) is 0 Å². The standard InChI is InChI=1S/C21H16ClN3O3S2/c1-10-3-8-13-16(23)17(30-19(13)24-10)18(26)25-20-15(21(27)28-2)14(9-29-20)11-4-6-12(22)7-5-11/h3-9H,23H2,1-2H3,(H,25,26). The number of pyridine rings is 1. The molecule has 0 aliphatic rings. The number of nitrogens with one attached hydrogen (secondary N) is 1. The normalized spacial score (nSPS) is 10.9. The summed E-state index contributed by atoms with van der Waals surface area (Å²) in [5.41, 5.74) is 9.13. The van der Waals surface area contributed by atoms with Gasteiger partial charge in [0, 0.05) is 27.0 Å². The van der Waals surface area contributed by atoms with E-state index in [4.69, 9.17) is 22.1 Å². The quantitative estimate of drug-likeness (QED) is 0.388. The van der Waals surface area contributed by atoms with Crippen molar-refractivity contribution in [2.45, 2.75) is 6.92 Å². The summed E-state index contributed by atoms with van der Waals surface area (Å²) >= 11 is 8.42.